The Morgan fingerprint density at radius 2 is 1.86 bits per heavy atom. The number of amidine groups is 1. The van der Waals surface area contributed by atoms with Crippen molar-refractivity contribution in [1.82, 2.24) is 5.32 Å². The van der Waals surface area contributed by atoms with Gasteiger partial charge in [-0.25, -0.2) is 4.99 Å². The molecule has 0 heterocycles. The summed E-state index contributed by atoms with van der Waals surface area (Å²) in [6, 6.07) is 9.72. The van der Waals surface area contributed by atoms with Crippen molar-refractivity contribution in [2.75, 3.05) is 10.8 Å². The summed E-state index contributed by atoms with van der Waals surface area (Å²) in [4.78, 5) is 4.45. The monoisotopic (exact) mass is 335 g/mol. The van der Waals surface area contributed by atoms with Crippen LogP contribution in [0.15, 0.2) is 35.3 Å². The molecule has 0 atom stereocenters. The minimum absolute atomic E-state index is 0.671. The summed E-state index contributed by atoms with van der Waals surface area (Å²) in [6.07, 6.45) is 9.97. The molecule has 0 aliphatic carbocycles. The minimum atomic E-state index is 0.671. The van der Waals surface area contributed by atoms with Crippen molar-refractivity contribution in [3.8, 4) is 6.19 Å². The molecule has 120 valence electrons. The van der Waals surface area contributed by atoms with Crippen LogP contribution in [0.3, 0.4) is 0 Å². The van der Waals surface area contributed by atoms with Gasteiger partial charge in [0.05, 0.1) is 5.69 Å². The smallest absolute Gasteiger partial charge is 0.183 e. The lowest BCUT2D eigenvalue weighted by Gasteiger charge is -2.04. The van der Waals surface area contributed by atoms with Gasteiger partial charge in [-0.1, -0.05) is 69.0 Å². The first-order valence-electron chi connectivity index (χ1n) is 7.86. The number of nitrogens with zero attached hydrogens (tertiary/aromatic N) is 2. The van der Waals surface area contributed by atoms with E-state index in [1.165, 1.54) is 44.3 Å². The summed E-state index contributed by atoms with van der Waals surface area (Å²) in [5, 5.41) is 13.1. The average molecular weight is 336 g/mol. The van der Waals surface area contributed by atoms with E-state index in [2.05, 4.69) is 17.2 Å². The highest BCUT2D eigenvalue weighted by atomic mass is 32.2. The van der Waals surface area contributed by atoms with Crippen molar-refractivity contribution >= 4 is 34.4 Å². The lowest BCUT2D eigenvalue weighted by molar-refractivity contribution is 0.627. The second-order valence-electron chi connectivity index (χ2n) is 4.93. The molecule has 1 rings (SSSR count). The Labute approximate surface area is 143 Å². The van der Waals surface area contributed by atoms with E-state index in [-0.39, 0.29) is 0 Å². The molecule has 0 aromatic heterocycles. The number of hydrogen-bond donors (Lipinski definition) is 1. The van der Waals surface area contributed by atoms with Gasteiger partial charge in [0.15, 0.2) is 11.4 Å². The van der Waals surface area contributed by atoms with Gasteiger partial charge in [0.1, 0.15) is 0 Å². The first-order chi connectivity index (χ1) is 10.9. The van der Waals surface area contributed by atoms with E-state index in [1.54, 1.807) is 11.8 Å². The lowest BCUT2D eigenvalue weighted by Crippen LogP contribution is -2.13. The second-order valence-corrected chi connectivity index (χ2v) is 7.36. The van der Waals surface area contributed by atoms with E-state index in [4.69, 9.17) is 5.26 Å². The van der Waals surface area contributed by atoms with Crippen molar-refractivity contribution < 1.29 is 0 Å². The summed E-state index contributed by atoms with van der Waals surface area (Å²) >= 11 is 3.51. The number of nitrogens with one attached hydrogen (secondary N) is 1. The molecule has 0 aliphatic heterocycles. The van der Waals surface area contributed by atoms with Crippen LogP contribution in [0.5, 0.6) is 0 Å². The van der Waals surface area contributed by atoms with Crippen LogP contribution < -0.4 is 5.32 Å². The number of hydrogen-bond acceptors (Lipinski definition) is 4. The molecular weight excluding hydrogens is 310 g/mol. The first-order valence-corrected chi connectivity index (χ1v) is 10.00. The Kier molecular flexibility index (Phi) is 11.6. The molecule has 0 saturated carbocycles. The summed E-state index contributed by atoms with van der Waals surface area (Å²) in [6.45, 7) is 2.25. The maximum absolute atomic E-state index is 8.80. The maximum Gasteiger partial charge on any atom is 0.183 e. The van der Waals surface area contributed by atoms with Crippen LogP contribution in [0.1, 0.15) is 45.4 Å². The number of unbranched alkanes of at least 4 members (excludes halogenated alkanes) is 5. The highest BCUT2D eigenvalue weighted by Gasteiger charge is 2.00. The lowest BCUT2D eigenvalue weighted by atomic mass is 10.1. The third-order valence-electron chi connectivity index (χ3n) is 3.07. The first kappa shape index (κ1) is 18.9. The van der Waals surface area contributed by atoms with Crippen LogP contribution in [0, 0.1) is 11.5 Å². The van der Waals surface area contributed by atoms with E-state index in [0.29, 0.717) is 5.17 Å². The predicted octanol–water partition coefficient (Wildman–Crippen LogP) is 5.53. The van der Waals surface area contributed by atoms with Crippen LogP contribution in [-0.2, 0) is 0 Å². The molecule has 0 fully saturated rings. The molecule has 1 N–H and O–H groups in total. The van der Waals surface area contributed by atoms with Gasteiger partial charge in [0.25, 0.3) is 0 Å². The molecule has 0 unspecified atom stereocenters. The van der Waals surface area contributed by atoms with E-state index in [1.807, 2.05) is 48.3 Å². The number of nitriles is 1. The minimum Gasteiger partial charge on any atom is -0.271 e. The van der Waals surface area contributed by atoms with E-state index in [9.17, 15) is 0 Å². The summed E-state index contributed by atoms with van der Waals surface area (Å²) in [7, 11) is 0. The normalized spacial score (nSPS) is 11.2. The van der Waals surface area contributed by atoms with Gasteiger partial charge in [0, 0.05) is 5.08 Å². The number of benzene rings is 1. The standard InChI is InChI=1S/C17H25N3S2/c1-2-3-4-5-6-10-13-21-15-22-17(19-14-18)20-16-11-8-7-9-12-16/h7-9,11-12H,2-6,10,13,15H2,1H3,(H,19,20). The number of aliphatic imine (C=N–C) groups is 1. The topological polar surface area (TPSA) is 48.2 Å². The zero-order valence-corrected chi connectivity index (χ0v) is 14.9. The van der Waals surface area contributed by atoms with Crippen LogP contribution in [0.4, 0.5) is 5.69 Å². The van der Waals surface area contributed by atoms with Crippen LogP contribution in [-0.4, -0.2) is 16.0 Å². The van der Waals surface area contributed by atoms with Crippen molar-refractivity contribution in [2.24, 2.45) is 4.99 Å². The fraction of sp³-hybridized carbons (Fsp3) is 0.529. The van der Waals surface area contributed by atoms with Crippen molar-refractivity contribution in [1.29, 1.82) is 5.26 Å². The van der Waals surface area contributed by atoms with Gasteiger partial charge < -0.3 is 0 Å². The van der Waals surface area contributed by atoms with Crippen molar-refractivity contribution in [2.45, 2.75) is 45.4 Å². The van der Waals surface area contributed by atoms with Gasteiger partial charge in [0.2, 0.25) is 0 Å². The SMILES string of the molecule is CCCCCCCCSCSC(=Nc1ccccc1)NC#N. The fourth-order valence-electron chi connectivity index (χ4n) is 1.90. The highest BCUT2D eigenvalue weighted by Crippen LogP contribution is 2.18. The Morgan fingerprint density at radius 3 is 2.59 bits per heavy atom. The van der Waals surface area contributed by atoms with Gasteiger partial charge in [-0.15, -0.1) is 0 Å². The maximum atomic E-state index is 8.80. The summed E-state index contributed by atoms with van der Waals surface area (Å²) < 4.78 is 0. The molecular formula is C17H25N3S2. The Morgan fingerprint density at radius 1 is 1.14 bits per heavy atom. The zero-order chi connectivity index (χ0) is 15.9. The van der Waals surface area contributed by atoms with E-state index < -0.39 is 0 Å². The third-order valence-corrected chi connectivity index (χ3v) is 5.25. The summed E-state index contributed by atoms with van der Waals surface area (Å²) in [5.74, 6) is 1.18. The van der Waals surface area contributed by atoms with Crippen molar-refractivity contribution in [3.63, 3.8) is 0 Å². The summed E-state index contributed by atoms with van der Waals surface area (Å²) in [5.41, 5.74) is 0.869. The Hall–Kier alpha value is -1.12. The molecule has 0 saturated heterocycles. The predicted molar refractivity (Wildman–Crippen MR) is 101 cm³/mol. The zero-order valence-electron chi connectivity index (χ0n) is 13.3. The molecule has 0 aliphatic rings. The fourth-order valence-corrected chi connectivity index (χ4v) is 3.85. The number of thioether (sulfide) groups is 2. The number of rotatable bonds is 10. The quantitative estimate of drug-likeness (QED) is 0.152. The van der Waals surface area contributed by atoms with Crippen LogP contribution in [0.2, 0.25) is 0 Å². The van der Waals surface area contributed by atoms with Gasteiger partial charge in [-0.2, -0.15) is 17.0 Å². The number of para-hydroxylation sites is 1. The largest absolute Gasteiger partial charge is 0.271 e. The third kappa shape index (κ3) is 9.75. The van der Waals surface area contributed by atoms with Crippen molar-refractivity contribution in [3.05, 3.63) is 30.3 Å². The van der Waals surface area contributed by atoms with E-state index >= 15 is 0 Å². The van der Waals surface area contributed by atoms with E-state index in [0.717, 1.165) is 10.8 Å². The average Bonchev–Trinajstić information content (AvgIpc) is 2.54. The molecule has 3 nitrogen and oxygen atoms in total. The Balaban J connectivity index is 2.17. The molecule has 0 spiro atoms. The highest BCUT2D eigenvalue weighted by molar-refractivity contribution is 8.24. The molecule has 0 bridgehead atoms. The molecule has 0 radical (unpaired) electrons. The Bertz CT molecular complexity index is 455. The molecule has 1 aromatic rings. The molecule has 0 amide bonds. The van der Waals surface area contributed by atoms with Crippen LogP contribution in [0.25, 0.3) is 0 Å². The van der Waals surface area contributed by atoms with Gasteiger partial charge >= 0.3 is 0 Å². The van der Waals surface area contributed by atoms with Gasteiger partial charge in [-0.05, 0) is 24.3 Å². The van der Waals surface area contributed by atoms with Gasteiger partial charge in [-0.3, -0.25) is 5.32 Å². The second kappa shape index (κ2) is 13.5. The molecule has 22 heavy (non-hydrogen) atoms. The molecule has 5 heteroatoms. The molecule has 1 aromatic carbocycles. The van der Waals surface area contributed by atoms with Crippen LogP contribution >= 0.6 is 23.5 Å².